The van der Waals surface area contributed by atoms with Gasteiger partial charge in [0.15, 0.2) is 0 Å². The lowest BCUT2D eigenvalue weighted by molar-refractivity contribution is -0.147. The predicted octanol–water partition coefficient (Wildman–Crippen LogP) is 2.87. The van der Waals surface area contributed by atoms with Crippen molar-refractivity contribution in [2.75, 3.05) is 0 Å². The molecule has 0 aromatic carbocycles. The molecular formula is C12H22O3. The van der Waals surface area contributed by atoms with E-state index in [0.717, 1.165) is 25.7 Å². The normalized spacial score (nSPS) is 12.2. The van der Waals surface area contributed by atoms with E-state index in [9.17, 15) is 9.59 Å². The second-order valence-electron chi connectivity index (χ2n) is 3.97. The Morgan fingerprint density at radius 3 is 2.27 bits per heavy atom. The van der Waals surface area contributed by atoms with Crippen molar-refractivity contribution in [2.24, 2.45) is 0 Å². The van der Waals surface area contributed by atoms with Gasteiger partial charge in [0.05, 0.1) is 0 Å². The van der Waals surface area contributed by atoms with Gasteiger partial charge in [-0.25, -0.2) is 0 Å². The van der Waals surface area contributed by atoms with E-state index in [2.05, 4.69) is 6.92 Å². The minimum Gasteiger partial charge on any atom is -0.463 e. The standard InChI is InChI=1S/C12H22O3/c1-4-5-6-7-12(15-11(3)14)9-8-10(2)13/h12H,4-9H2,1-3H3. The molecule has 15 heavy (non-hydrogen) atoms. The van der Waals surface area contributed by atoms with Gasteiger partial charge < -0.3 is 9.53 Å². The first-order chi connectivity index (χ1) is 7.06. The predicted molar refractivity (Wildman–Crippen MR) is 59.6 cm³/mol. The van der Waals surface area contributed by atoms with E-state index in [4.69, 9.17) is 4.74 Å². The van der Waals surface area contributed by atoms with Crippen molar-refractivity contribution in [3.8, 4) is 0 Å². The highest BCUT2D eigenvalue weighted by Gasteiger charge is 2.12. The number of ether oxygens (including phenoxy) is 1. The minimum absolute atomic E-state index is 0.0713. The lowest BCUT2D eigenvalue weighted by Gasteiger charge is -2.15. The van der Waals surface area contributed by atoms with Crippen molar-refractivity contribution in [3.63, 3.8) is 0 Å². The molecule has 0 heterocycles. The Morgan fingerprint density at radius 2 is 1.80 bits per heavy atom. The molecule has 0 saturated carbocycles. The van der Waals surface area contributed by atoms with Crippen LogP contribution in [0.15, 0.2) is 0 Å². The number of esters is 1. The summed E-state index contributed by atoms with van der Waals surface area (Å²) in [6.45, 7) is 5.12. The Kier molecular flexibility index (Phi) is 7.96. The molecule has 3 heteroatoms. The van der Waals surface area contributed by atoms with Gasteiger partial charge in [0.25, 0.3) is 0 Å². The molecule has 0 amide bonds. The fourth-order valence-corrected chi connectivity index (χ4v) is 1.48. The van der Waals surface area contributed by atoms with Crippen molar-refractivity contribution in [1.82, 2.24) is 0 Å². The molecule has 0 aliphatic heterocycles. The van der Waals surface area contributed by atoms with Gasteiger partial charge >= 0.3 is 5.97 Å². The fraction of sp³-hybridized carbons (Fsp3) is 0.833. The van der Waals surface area contributed by atoms with Crippen LogP contribution in [0, 0.1) is 0 Å². The van der Waals surface area contributed by atoms with Crippen LogP contribution in [-0.4, -0.2) is 17.9 Å². The second kappa shape index (κ2) is 8.45. The van der Waals surface area contributed by atoms with Crippen LogP contribution < -0.4 is 0 Å². The summed E-state index contributed by atoms with van der Waals surface area (Å²) >= 11 is 0. The van der Waals surface area contributed by atoms with E-state index in [0.29, 0.717) is 12.8 Å². The molecule has 0 aromatic heterocycles. The number of rotatable bonds is 8. The number of hydrogen-bond acceptors (Lipinski definition) is 3. The Bertz CT molecular complexity index is 199. The highest BCUT2D eigenvalue weighted by Crippen LogP contribution is 2.12. The average molecular weight is 214 g/mol. The van der Waals surface area contributed by atoms with Crippen LogP contribution in [-0.2, 0) is 14.3 Å². The van der Waals surface area contributed by atoms with Crippen LogP contribution in [0.3, 0.4) is 0 Å². The van der Waals surface area contributed by atoms with Gasteiger partial charge in [-0.1, -0.05) is 19.8 Å². The topological polar surface area (TPSA) is 43.4 Å². The molecule has 3 nitrogen and oxygen atoms in total. The second-order valence-corrected chi connectivity index (χ2v) is 3.97. The summed E-state index contributed by atoms with van der Waals surface area (Å²) in [5.74, 6) is -0.0947. The van der Waals surface area contributed by atoms with E-state index in [1.165, 1.54) is 6.92 Å². The van der Waals surface area contributed by atoms with Crippen LogP contribution in [0.25, 0.3) is 0 Å². The smallest absolute Gasteiger partial charge is 0.302 e. The van der Waals surface area contributed by atoms with Crippen LogP contribution >= 0.6 is 0 Å². The third-order valence-electron chi connectivity index (χ3n) is 2.28. The maximum Gasteiger partial charge on any atom is 0.302 e. The Hall–Kier alpha value is -0.860. The zero-order valence-electron chi connectivity index (χ0n) is 10.0. The molecule has 0 aromatic rings. The molecule has 0 rings (SSSR count). The molecule has 1 atom stereocenters. The molecule has 88 valence electrons. The summed E-state index contributed by atoms with van der Waals surface area (Å²) in [5, 5.41) is 0. The van der Waals surface area contributed by atoms with Crippen molar-refractivity contribution >= 4 is 11.8 Å². The molecule has 0 fully saturated rings. The first-order valence-electron chi connectivity index (χ1n) is 5.73. The fourth-order valence-electron chi connectivity index (χ4n) is 1.48. The first kappa shape index (κ1) is 14.1. The molecule has 0 aliphatic carbocycles. The Labute approximate surface area is 92.2 Å². The Morgan fingerprint density at radius 1 is 1.13 bits per heavy atom. The van der Waals surface area contributed by atoms with E-state index in [-0.39, 0.29) is 17.9 Å². The summed E-state index contributed by atoms with van der Waals surface area (Å²) in [4.78, 5) is 21.6. The summed E-state index contributed by atoms with van der Waals surface area (Å²) in [6.07, 6.45) is 5.34. The molecule has 1 unspecified atom stereocenters. The zero-order valence-corrected chi connectivity index (χ0v) is 10.0. The highest BCUT2D eigenvalue weighted by atomic mass is 16.5. The van der Waals surface area contributed by atoms with Crippen LogP contribution in [0.4, 0.5) is 0 Å². The van der Waals surface area contributed by atoms with Crippen molar-refractivity contribution in [2.45, 2.75) is 65.4 Å². The molecular weight excluding hydrogens is 192 g/mol. The van der Waals surface area contributed by atoms with Gasteiger partial charge in [-0.05, 0) is 26.2 Å². The van der Waals surface area contributed by atoms with E-state index in [1.54, 1.807) is 6.92 Å². The lowest BCUT2D eigenvalue weighted by Crippen LogP contribution is -2.17. The minimum atomic E-state index is -0.250. The number of carbonyl (C=O) groups excluding carboxylic acids is 2. The van der Waals surface area contributed by atoms with Gasteiger partial charge in [-0.2, -0.15) is 0 Å². The van der Waals surface area contributed by atoms with E-state index >= 15 is 0 Å². The summed E-state index contributed by atoms with van der Waals surface area (Å²) in [6, 6.07) is 0. The van der Waals surface area contributed by atoms with E-state index in [1.807, 2.05) is 0 Å². The number of ketones is 1. The van der Waals surface area contributed by atoms with E-state index < -0.39 is 0 Å². The van der Waals surface area contributed by atoms with Crippen molar-refractivity contribution < 1.29 is 14.3 Å². The maximum atomic E-state index is 10.8. The van der Waals surface area contributed by atoms with Crippen molar-refractivity contribution in [1.29, 1.82) is 0 Å². The van der Waals surface area contributed by atoms with Gasteiger partial charge in [0, 0.05) is 13.3 Å². The third-order valence-corrected chi connectivity index (χ3v) is 2.28. The molecule has 0 radical (unpaired) electrons. The summed E-state index contributed by atoms with van der Waals surface area (Å²) < 4.78 is 5.16. The average Bonchev–Trinajstić information content (AvgIpc) is 2.13. The monoisotopic (exact) mass is 214 g/mol. The molecule has 0 spiro atoms. The van der Waals surface area contributed by atoms with Crippen LogP contribution in [0.2, 0.25) is 0 Å². The molecule has 0 N–H and O–H groups in total. The molecule has 0 aliphatic rings. The molecule has 0 bridgehead atoms. The maximum absolute atomic E-state index is 10.8. The summed E-state index contributed by atoms with van der Waals surface area (Å²) in [5.41, 5.74) is 0. The summed E-state index contributed by atoms with van der Waals surface area (Å²) in [7, 11) is 0. The van der Waals surface area contributed by atoms with Gasteiger partial charge in [0.2, 0.25) is 0 Å². The van der Waals surface area contributed by atoms with Gasteiger partial charge in [-0.15, -0.1) is 0 Å². The number of unbranched alkanes of at least 4 members (excludes halogenated alkanes) is 2. The van der Waals surface area contributed by atoms with Gasteiger partial charge in [0.1, 0.15) is 11.9 Å². The van der Waals surface area contributed by atoms with Crippen molar-refractivity contribution in [3.05, 3.63) is 0 Å². The third kappa shape index (κ3) is 9.44. The van der Waals surface area contributed by atoms with Crippen LogP contribution in [0.5, 0.6) is 0 Å². The largest absolute Gasteiger partial charge is 0.463 e. The number of carbonyl (C=O) groups is 2. The highest BCUT2D eigenvalue weighted by molar-refractivity contribution is 5.75. The SMILES string of the molecule is CCCCCC(CCC(C)=O)OC(C)=O. The quantitative estimate of drug-likeness (QED) is 0.461. The first-order valence-corrected chi connectivity index (χ1v) is 5.73. The Balaban J connectivity index is 3.83. The number of Topliss-reactive ketones (excluding diaryl/α,β-unsaturated/α-hetero) is 1. The van der Waals surface area contributed by atoms with Crippen LogP contribution in [0.1, 0.15) is 59.3 Å². The molecule has 0 saturated heterocycles. The number of hydrogen-bond donors (Lipinski definition) is 0. The van der Waals surface area contributed by atoms with Gasteiger partial charge in [-0.3, -0.25) is 4.79 Å². The zero-order chi connectivity index (χ0) is 11.7. The lowest BCUT2D eigenvalue weighted by atomic mass is 10.1.